The van der Waals surface area contributed by atoms with Gasteiger partial charge in [-0.1, -0.05) is 26.2 Å². The molecule has 0 radical (unpaired) electrons. The second kappa shape index (κ2) is 7.27. The maximum atomic E-state index is 12.4. The monoisotopic (exact) mass is 310 g/mol. The van der Waals surface area contributed by atoms with Crippen molar-refractivity contribution in [1.82, 2.24) is 4.72 Å². The normalized spacial score (nSPS) is 16.1. The summed E-state index contributed by atoms with van der Waals surface area (Å²) in [5, 5.41) is 3.30. The standard InChI is InChI=1S/C16H26N2O2S/c1-3-4-5-7-13(2)18-21(19,20)15-9-10-16-14(12-15)8-6-11-17-16/h9-10,12-13,17-18H,3-8,11H2,1-2H3. The van der Waals surface area contributed by atoms with Crippen LogP contribution in [0.1, 0.15) is 51.5 Å². The Morgan fingerprint density at radius 1 is 1.33 bits per heavy atom. The fourth-order valence-electron chi connectivity index (χ4n) is 2.71. The number of aryl methyl sites for hydroxylation is 1. The molecule has 0 aromatic heterocycles. The van der Waals surface area contributed by atoms with E-state index in [2.05, 4.69) is 17.0 Å². The molecule has 1 unspecified atom stereocenters. The predicted molar refractivity (Wildman–Crippen MR) is 87.2 cm³/mol. The molecule has 0 saturated heterocycles. The molecule has 1 heterocycles. The first-order valence-electron chi connectivity index (χ1n) is 7.92. The third kappa shape index (κ3) is 4.45. The van der Waals surface area contributed by atoms with Crippen LogP contribution >= 0.6 is 0 Å². The molecule has 1 aliphatic rings. The van der Waals surface area contributed by atoms with Crippen LogP contribution in [0.5, 0.6) is 0 Å². The van der Waals surface area contributed by atoms with Crippen molar-refractivity contribution < 1.29 is 8.42 Å². The van der Waals surface area contributed by atoms with Crippen LogP contribution in [0, 0.1) is 0 Å². The highest BCUT2D eigenvalue weighted by atomic mass is 32.2. The van der Waals surface area contributed by atoms with Crippen molar-refractivity contribution in [3.05, 3.63) is 23.8 Å². The van der Waals surface area contributed by atoms with Gasteiger partial charge in [0.1, 0.15) is 0 Å². The zero-order valence-electron chi connectivity index (χ0n) is 13.0. The van der Waals surface area contributed by atoms with Gasteiger partial charge in [-0.2, -0.15) is 0 Å². The maximum Gasteiger partial charge on any atom is 0.240 e. The van der Waals surface area contributed by atoms with Crippen LogP contribution in [0.15, 0.2) is 23.1 Å². The van der Waals surface area contributed by atoms with Gasteiger partial charge in [0.25, 0.3) is 0 Å². The lowest BCUT2D eigenvalue weighted by Gasteiger charge is -2.19. The van der Waals surface area contributed by atoms with E-state index in [0.29, 0.717) is 4.90 Å². The van der Waals surface area contributed by atoms with Crippen LogP contribution in [-0.4, -0.2) is 21.0 Å². The minimum absolute atomic E-state index is 0.0179. The molecular formula is C16H26N2O2S. The number of rotatable bonds is 7. The van der Waals surface area contributed by atoms with Crippen LogP contribution in [-0.2, 0) is 16.4 Å². The molecule has 4 nitrogen and oxygen atoms in total. The molecule has 0 fully saturated rings. The van der Waals surface area contributed by atoms with E-state index in [1.165, 1.54) is 0 Å². The van der Waals surface area contributed by atoms with Crippen molar-refractivity contribution in [2.45, 2.75) is 63.3 Å². The highest BCUT2D eigenvalue weighted by molar-refractivity contribution is 7.89. The summed E-state index contributed by atoms with van der Waals surface area (Å²) < 4.78 is 27.6. The van der Waals surface area contributed by atoms with Crippen molar-refractivity contribution in [3.8, 4) is 0 Å². The third-order valence-electron chi connectivity index (χ3n) is 3.92. The summed E-state index contributed by atoms with van der Waals surface area (Å²) >= 11 is 0. The van der Waals surface area contributed by atoms with E-state index in [-0.39, 0.29) is 6.04 Å². The topological polar surface area (TPSA) is 58.2 Å². The van der Waals surface area contributed by atoms with Crippen molar-refractivity contribution in [2.24, 2.45) is 0 Å². The van der Waals surface area contributed by atoms with Crippen molar-refractivity contribution >= 4 is 15.7 Å². The minimum Gasteiger partial charge on any atom is -0.385 e. The van der Waals surface area contributed by atoms with E-state index < -0.39 is 10.0 Å². The molecule has 1 aromatic carbocycles. The van der Waals surface area contributed by atoms with Crippen molar-refractivity contribution in [1.29, 1.82) is 0 Å². The van der Waals surface area contributed by atoms with Gasteiger partial charge >= 0.3 is 0 Å². The van der Waals surface area contributed by atoms with E-state index in [1.807, 2.05) is 19.1 Å². The molecule has 0 saturated carbocycles. The largest absolute Gasteiger partial charge is 0.385 e. The highest BCUT2D eigenvalue weighted by Gasteiger charge is 2.19. The Bertz CT molecular complexity index is 570. The minimum atomic E-state index is -3.41. The molecule has 0 amide bonds. The summed E-state index contributed by atoms with van der Waals surface area (Å²) in [6, 6.07) is 5.36. The van der Waals surface area contributed by atoms with Crippen molar-refractivity contribution in [3.63, 3.8) is 0 Å². The smallest absolute Gasteiger partial charge is 0.240 e. The Morgan fingerprint density at radius 2 is 2.14 bits per heavy atom. The van der Waals surface area contributed by atoms with Crippen LogP contribution in [0.2, 0.25) is 0 Å². The maximum absolute atomic E-state index is 12.4. The summed E-state index contributed by atoms with van der Waals surface area (Å²) in [4.78, 5) is 0.382. The number of nitrogens with one attached hydrogen (secondary N) is 2. The number of benzene rings is 1. The summed E-state index contributed by atoms with van der Waals surface area (Å²) in [7, 11) is -3.41. The number of sulfonamides is 1. The zero-order chi connectivity index (χ0) is 15.3. The van der Waals surface area contributed by atoms with E-state index in [9.17, 15) is 8.42 Å². The van der Waals surface area contributed by atoms with Gasteiger partial charge in [0.15, 0.2) is 0 Å². The van der Waals surface area contributed by atoms with Gasteiger partial charge in [-0.3, -0.25) is 0 Å². The molecule has 2 N–H and O–H groups in total. The van der Waals surface area contributed by atoms with Crippen LogP contribution in [0.3, 0.4) is 0 Å². The predicted octanol–water partition coefficient (Wildman–Crippen LogP) is 3.29. The van der Waals surface area contributed by atoms with Gasteiger partial charge < -0.3 is 5.32 Å². The summed E-state index contributed by atoms with van der Waals surface area (Å²) in [5.74, 6) is 0. The first-order valence-corrected chi connectivity index (χ1v) is 9.40. The molecule has 1 atom stereocenters. The second-order valence-electron chi connectivity index (χ2n) is 5.87. The fraction of sp³-hybridized carbons (Fsp3) is 0.625. The second-order valence-corrected chi connectivity index (χ2v) is 7.58. The van der Waals surface area contributed by atoms with Gasteiger partial charge in [-0.15, -0.1) is 0 Å². The zero-order valence-corrected chi connectivity index (χ0v) is 13.8. The summed E-state index contributed by atoms with van der Waals surface area (Å²) in [6.45, 7) is 5.05. The number of hydrogen-bond acceptors (Lipinski definition) is 3. The molecule has 2 rings (SSSR count). The lowest BCUT2D eigenvalue weighted by Crippen LogP contribution is -2.32. The van der Waals surface area contributed by atoms with E-state index in [1.54, 1.807) is 6.07 Å². The van der Waals surface area contributed by atoms with Crippen LogP contribution in [0.25, 0.3) is 0 Å². The molecule has 118 valence electrons. The third-order valence-corrected chi connectivity index (χ3v) is 5.51. The lowest BCUT2D eigenvalue weighted by atomic mass is 10.0. The first-order chi connectivity index (χ1) is 10.0. The Morgan fingerprint density at radius 3 is 2.90 bits per heavy atom. The quantitative estimate of drug-likeness (QED) is 0.760. The van der Waals surface area contributed by atoms with Crippen LogP contribution < -0.4 is 10.0 Å². The summed E-state index contributed by atoms with van der Waals surface area (Å²) in [5.41, 5.74) is 2.17. The molecular weight excluding hydrogens is 284 g/mol. The van der Waals surface area contributed by atoms with Gasteiger partial charge in [0.05, 0.1) is 4.90 Å². The highest BCUT2D eigenvalue weighted by Crippen LogP contribution is 2.25. The fourth-order valence-corrected chi connectivity index (χ4v) is 4.04. The number of hydrogen-bond donors (Lipinski definition) is 2. The van der Waals surface area contributed by atoms with E-state index in [0.717, 1.165) is 56.3 Å². The Balaban J connectivity index is 2.05. The molecule has 21 heavy (non-hydrogen) atoms. The summed E-state index contributed by atoms with van der Waals surface area (Å²) in [6.07, 6.45) is 6.25. The van der Waals surface area contributed by atoms with Crippen molar-refractivity contribution in [2.75, 3.05) is 11.9 Å². The average molecular weight is 310 g/mol. The number of anilines is 1. The average Bonchev–Trinajstić information content (AvgIpc) is 2.46. The van der Waals surface area contributed by atoms with E-state index >= 15 is 0 Å². The SMILES string of the molecule is CCCCCC(C)NS(=O)(=O)c1ccc2c(c1)CCCN2. The molecule has 0 spiro atoms. The molecule has 1 aromatic rings. The Kier molecular flexibility index (Phi) is 5.65. The van der Waals surface area contributed by atoms with Gasteiger partial charge in [-0.25, -0.2) is 13.1 Å². The molecule has 0 aliphatic carbocycles. The number of fused-ring (bicyclic) bond motifs is 1. The number of unbranched alkanes of at least 4 members (excludes halogenated alkanes) is 2. The van der Waals surface area contributed by atoms with Gasteiger partial charge in [0, 0.05) is 18.3 Å². The lowest BCUT2D eigenvalue weighted by molar-refractivity contribution is 0.527. The molecule has 1 aliphatic heterocycles. The van der Waals surface area contributed by atoms with E-state index in [4.69, 9.17) is 0 Å². The molecule has 0 bridgehead atoms. The Labute approximate surface area is 128 Å². The van der Waals surface area contributed by atoms with Crippen LogP contribution in [0.4, 0.5) is 5.69 Å². The Hall–Kier alpha value is -1.07. The van der Waals surface area contributed by atoms with Gasteiger partial charge in [0.2, 0.25) is 10.0 Å². The van der Waals surface area contributed by atoms with Gasteiger partial charge in [-0.05, 0) is 49.9 Å². The first kappa shape index (κ1) is 16.3. The molecule has 5 heteroatoms.